The second-order valence-electron chi connectivity index (χ2n) is 6.42. The summed E-state index contributed by atoms with van der Waals surface area (Å²) in [5, 5.41) is 9.84. The first-order valence-corrected chi connectivity index (χ1v) is 8.47. The number of aromatic nitrogens is 1. The molecular weight excluding hydrogens is 330 g/mol. The molecule has 0 saturated heterocycles. The van der Waals surface area contributed by atoms with E-state index in [9.17, 15) is 4.79 Å². The minimum Gasteiger partial charge on any atom is -0.491 e. The Labute approximate surface area is 152 Å². The van der Waals surface area contributed by atoms with E-state index in [1.54, 1.807) is 17.6 Å². The van der Waals surface area contributed by atoms with Gasteiger partial charge in [0.05, 0.1) is 6.54 Å². The third kappa shape index (κ3) is 4.04. The molecule has 6 heteroatoms. The quantitative estimate of drug-likeness (QED) is 0.506. The number of carbonyl (C=O) groups excluding carboxylic acids is 1. The summed E-state index contributed by atoms with van der Waals surface area (Å²) in [4.78, 5) is 13.7. The predicted molar refractivity (Wildman–Crippen MR) is 101 cm³/mol. The highest BCUT2D eigenvalue weighted by Crippen LogP contribution is 2.20. The fraction of sp³-hybridized carbons (Fsp3) is 0.250. The van der Waals surface area contributed by atoms with Gasteiger partial charge in [-0.05, 0) is 43.7 Å². The maximum Gasteiger partial charge on any atom is 0.274 e. The average molecular weight is 353 g/mol. The lowest BCUT2D eigenvalue weighted by Gasteiger charge is -2.15. The molecule has 0 bridgehead atoms. The Morgan fingerprint density at radius 1 is 1.19 bits per heavy atom. The van der Waals surface area contributed by atoms with Crippen LogP contribution in [0.3, 0.4) is 0 Å². The van der Waals surface area contributed by atoms with Gasteiger partial charge in [0.25, 0.3) is 5.91 Å². The molecule has 0 saturated carbocycles. The fourth-order valence-corrected chi connectivity index (χ4v) is 2.95. The highest BCUT2D eigenvalue weighted by molar-refractivity contribution is 5.97. The number of para-hydroxylation sites is 1. The van der Waals surface area contributed by atoms with E-state index >= 15 is 0 Å². The molecule has 1 aromatic heterocycles. The summed E-state index contributed by atoms with van der Waals surface area (Å²) in [5.41, 5.74) is 4.16. The van der Waals surface area contributed by atoms with Crippen molar-refractivity contribution in [3.05, 3.63) is 65.9 Å². The Hall–Kier alpha value is -2.83. The largest absolute Gasteiger partial charge is 0.491 e. The zero-order chi connectivity index (χ0) is 18.5. The van der Waals surface area contributed by atoms with Crippen LogP contribution in [0.5, 0.6) is 5.75 Å². The van der Waals surface area contributed by atoms with Crippen LogP contribution in [0.1, 0.15) is 15.9 Å². The predicted octanol–water partition coefficient (Wildman–Crippen LogP) is 2.90. The van der Waals surface area contributed by atoms with Gasteiger partial charge in [0, 0.05) is 29.4 Å². The van der Waals surface area contributed by atoms with Gasteiger partial charge in [-0.15, -0.1) is 0 Å². The number of rotatable bonds is 7. The normalized spacial score (nSPS) is 11.1. The molecule has 0 spiro atoms. The lowest BCUT2D eigenvalue weighted by molar-refractivity contribution is 0.0706. The fourth-order valence-electron chi connectivity index (χ4n) is 2.95. The number of nitrogens with one attached hydrogen (secondary N) is 1. The van der Waals surface area contributed by atoms with Gasteiger partial charge in [0.15, 0.2) is 0 Å². The van der Waals surface area contributed by atoms with Crippen molar-refractivity contribution in [3.8, 4) is 5.75 Å². The van der Waals surface area contributed by atoms with Crippen molar-refractivity contribution in [2.75, 3.05) is 20.7 Å². The summed E-state index contributed by atoms with van der Waals surface area (Å²) >= 11 is 0. The Balaban J connectivity index is 1.72. The molecule has 0 aliphatic heterocycles. The van der Waals surface area contributed by atoms with Gasteiger partial charge in [-0.1, -0.05) is 24.3 Å². The van der Waals surface area contributed by atoms with E-state index in [1.807, 2.05) is 55.2 Å². The zero-order valence-corrected chi connectivity index (χ0v) is 15.0. The third-order valence-electron chi connectivity index (χ3n) is 4.19. The van der Waals surface area contributed by atoms with Crippen LogP contribution in [-0.4, -0.2) is 41.3 Å². The van der Waals surface area contributed by atoms with Gasteiger partial charge >= 0.3 is 0 Å². The first-order chi connectivity index (χ1) is 12.6. The molecule has 3 aromatic rings. The van der Waals surface area contributed by atoms with Crippen LogP contribution in [0.2, 0.25) is 0 Å². The molecule has 26 heavy (non-hydrogen) atoms. The molecule has 0 fully saturated rings. The first-order valence-electron chi connectivity index (χ1n) is 8.47. The van der Waals surface area contributed by atoms with Gasteiger partial charge in [0.2, 0.25) is 0 Å². The third-order valence-corrected chi connectivity index (χ3v) is 4.19. The molecule has 0 radical (unpaired) electrons. The molecule has 2 aromatic carbocycles. The van der Waals surface area contributed by atoms with Gasteiger partial charge in [0.1, 0.15) is 12.4 Å². The van der Waals surface area contributed by atoms with Crippen LogP contribution >= 0.6 is 0 Å². The molecule has 6 nitrogen and oxygen atoms in total. The second-order valence-corrected chi connectivity index (χ2v) is 6.42. The number of fused-ring (bicyclic) bond motifs is 1. The average Bonchev–Trinajstić information content (AvgIpc) is 3.04. The van der Waals surface area contributed by atoms with Crippen LogP contribution in [-0.2, 0) is 13.1 Å². The molecular formula is C20H23N3O3. The van der Waals surface area contributed by atoms with Crippen molar-refractivity contribution in [2.45, 2.75) is 13.1 Å². The molecule has 0 aliphatic carbocycles. The zero-order valence-electron chi connectivity index (χ0n) is 15.0. The minimum atomic E-state index is -0.520. The molecule has 1 heterocycles. The topological polar surface area (TPSA) is 66.7 Å². The number of hydroxylamine groups is 1. The standard InChI is InChI=1S/C20H23N3O3/c1-22(2)14-17-5-3-4-6-19(17)26-12-11-23-10-9-15-7-8-16(13-18(15)23)20(24)21-25/h3-10,13,25H,11-12,14H2,1-2H3,(H,21,24). The Morgan fingerprint density at radius 2 is 2.00 bits per heavy atom. The Morgan fingerprint density at radius 3 is 2.77 bits per heavy atom. The SMILES string of the molecule is CN(C)Cc1ccccc1OCCn1ccc2ccc(C(=O)NO)cc21. The maximum absolute atomic E-state index is 11.6. The van der Waals surface area contributed by atoms with Crippen molar-refractivity contribution in [2.24, 2.45) is 0 Å². The summed E-state index contributed by atoms with van der Waals surface area (Å²) in [6.07, 6.45) is 1.97. The van der Waals surface area contributed by atoms with Crippen LogP contribution < -0.4 is 10.2 Å². The molecule has 0 atom stereocenters. The highest BCUT2D eigenvalue weighted by atomic mass is 16.5. The number of hydrogen-bond donors (Lipinski definition) is 2. The first kappa shape index (κ1) is 18.0. The molecule has 1 amide bonds. The molecule has 136 valence electrons. The number of amides is 1. The van der Waals surface area contributed by atoms with Crippen molar-refractivity contribution in [3.63, 3.8) is 0 Å². The van der Waals surface area contributed by atoms with Gasteiger partial charge in [-0.25, -0.2) is 5.48 Å². The summed E-state index contributed by atoms with van der Waals surface area (Å²) in [6, 6.07) is 15.3. The summed E-state index contributed by atoms with van der Waals surface area (Å²) in [7, 11) is 4.06. The van der Waals surface area contributed by atoms with E-state index in [4.69, 9.17) is 9.94 Å². The maximum atomic E-state index is 11.6. The van der Waals surface area contributed by atoms with Crippen LogP contribution in [0, 0.1) is 0 Å². The van der Waals surface area contributed by atoms with E-state index in [1.165, 1.54) is 0 Å². The van der Waals surface area contributed by atoms with Crippen molar-refractivity contribution >= 4 is 16.8 Å². The molecule has 3 rings (SSSR count). The van der Waals surface area contributed by atoms with E-state index in [0.29, 0.717) is 18.7 Å². The van der Waals surface area contributed by atoms with Crippen molar-refractivity contribution < 1.29 is 14.7 Å². The van der Waals surface area contributed by atoms with Crippen LogP contribution in [0.15, 0.2) is 54.7 Å². The number of benzene rings is 2. The molecule has 0 unspecified atom stereocenters. The lowest BCUT2D eigenvalue weighted by Crippen LogP contribution is -2.18. The van der Waals surface area contributed by atoms with Crippen molar-refractivity contribution in [1.29, 1.82) is 0 Å². The monoisotopic (exact) mass is 353 g/mol. The van der Waals surface area contributed by atoms with E-state index in [2.05, 4.69) is 11.0 Å². The number of carbonyl (C=O) groups is 1. The van der Waals surface area contributed by atoms with E-state index < -0.39 is 5.91 Å². The minimum absolute atomic E-state index is 0.414. The summed E-state index contributed by atoms with van der Waals surface area (Å²) < 4.78 is 8.03. The molecule has 0 aliphatic rings. The number of hydrogen-bond acceptors (Lipinski definition) is 4. The van der Waals surface area contributed by atoms with E-state index in [0.717, 1.165) is 28.8 Å². The van der Waals surface area contributed by atoms with Crippen LogP contribution in [0.25, 0.3) is 10.9 Å². The Kier molecular flexibility index (Phi) is 5.55. The number of nitrogens with zero attached hydrogens (tertiary/aromatic N) is 2. The van der Waals surface area contributed by atoms with Crippen LogP contribution in [0.4, 0.5) is 0 Å². The van der Waals surface area contributed by atoms with Gasteiger partial charge in [-0.3, -0.25) is 10.0 Å². The smallest absolute Gasteiger partial charge is 0.274 e. The molecule has 2 N–H and O–H groups in total. The van der Waals surface area contributed by atoms with Gasteiger partial charge < -0.3 is 14.2 Å². The lowest BCUT2D eigenvalue weighted by atomic mass is 10.1. The highest BCUT2D eigenvalue weighted by Gasteiger charge is 2.09. The Bertz CT molecular complexity index is 902. The van der Waals surface area contributed by atoms with E-state index in [-0.39, 0.29) is 0 Å². The summed E-state index contributed by atoms with van der Waals surface area (Å²) in [6.45, 7) is 2.00. The second kappa shape index (κ2) is 8.03. The van der Waals surface area contributed by atoms with Crippen molar-refractivity contribution in [1.82, 2.24) is 14.9 Å². The summed E-state index contributed by atoms with van der Waals surface area (Å²) in [5.74, 6) is 0.367. The van der Waals surface area contributed by atoms with Gasteiger partial charge in [-0.2, -0.15) is 0 Å². The number of ether oxygens (including phenoxy) is 1.